The number of hydrogen-bond donors (Lipinski definition) is 1. The van der Waals surface area contributed by atoms with Crippen LogP contribution in [0, 0.1) is 45.8 Å². The van der Waals surface area contributed by atoms with Crippen molar-refractivity contribution in [2.45, 2.75) is 66.2 Å². The zero-order valence-electron chi connectivity index (χ0n) is 17.9. The summed E-state index contributed by atoms with van der Waals surface area (Å²) in [6.45, 7) is 9.77. The average molecular weight is 389 g/mol. The molecule has 0 amide bonds. The fourth-order valence-corrected chi connectivity index (χ4v) is 8.13. The highest BCUT2D eigenvalue weighted by atomic mass is 16.5. The lowest BCUT2D eigenvalue weighted by molar-refractivity contribution is -0.186. The molecule has 7 atom stereocenters. The molecule has 1 N–H and O–H groups in total. The van der Waals surface area contributed by atoms with E-state index in [2.05, 4.69) is 33.8 Å². The van der Waals surface area contributed by atoms with Crippen molar-refractivity contribution in [3.8, 4) is 0 Å². The third-order valence-corrected chi connectivity index (χ3v) is 9.12. The van der Waals surface area contributed by atoms with Crippen molar-refractivity contribution < 1.29 is 19.4 Å². The molecule has 0 aromatic heterocycles. The largest absolute Gasteiger partial charge is 0.481 e. The zero-order chi connectivity index (χ0) is 20.3. The monoisotopic (exact) mass is 388 g/mol. The maximum atomic E-state index is 13.2. The van der Waals surface area contributed by atoms with E-state index in [9.17, 15) is 14.7 Å². The Labute approximate surface area is 169 Å². The molecule has 4 heteroatoms. The molecular weight excluding hydrogens is 352 g/mol. The maximum Gasteiger partial charge on any atom is 0.315 e. The van der Waals surface area contributed by atoms with Crippen LogP contribution in [-0.2, 0) is 14.3 Å². The van der Waals surface area contributed by atoms with Crippen molar-refractivity contribution in [2.75, 3.05) is 13.2 Å². The first-order valence-corrected chi connectivity index (χ1v) is 11.3. The molecule has 156 valence electrons. The van der Waals surface area contributed by atoms with Gasteiger partial charge in [-0.3, -0.25) is 4.79 Å². The minimum Gasteiger partial charge on any atom is -0.481 e. The lowest BCUT2D eigenvalue weighted by atomic mass is 9.43. The Morgan fingerprint density at radius 2 is 2.11 bits per heavy atom. The summed E-state index contributed by atoms with van der Waals surface area (Å²) in [4.78, 5) is 26.0. The van der Waals surface area contributed by atoms with Crippen molar-refractivity contribution in [1.82, 2.24) is 0 Å². The average Bonchev–Trinajstić information content (AvgIpc) is 3.22. The predicted octanol–water partition coefficient (Wildman–Crippen LogP) is 4.73. The van der Waals surface area contributed by atoms with Crippen LogP contribution in [-0.4, -0.2) is 30.6 Å². The van der Waals surface area contributed by atoms with Crippen LogP contribution in [0.15, 0.2) is 11.6 Å². The van der Waals surface area contributed by atoms with Gasteiger partial charge < -0.3 is 14.6 Å². The first-order chi connectivity index (χ1) is 13.3. The summed E-state index contributed by atoms with van der Waals surface area (Å²) in [5.41, 5.74) is -1.31. The second kappa shape index (κ2) is 6.68. The van der Waals surface area contributed by atoms with E-state index >= 15 is 0 Å². The fraction of sp³-hybridized carbons (Fsp3) is 0.833. The van der Waals surface area contributed by atoms with Gasteiger partial charge >= 0.3 is 5.97 Å². The molecule has 4 bridgehead atoms. The fourth-order valence-electron chi connectivity index (χ4n) is 8.13. The number of ether oxygens (including phenoxy) is 1. The Hall–Kier alpha value is -1.16. The first-order valence-electron chi connectivity index (χ1n) is 11.3. The van der Waals surface area contributed by atoms with Gasteiger partial charge in [-0.2, -0.15) is 0 Å². The van der Waals surface area contributed by atoms with Crippen LogP contribution < -0.4 is 0 Å². The minimum absolute atomic E-state index is 0.131. The van der Waals surface area contributed by atoms with Crippen molar-refractivity contribution in [3.05, 3.63) is 11.6 Å². The molecule has 0 unspecified atom stereocenters. The Kier molecular flexibility index (Phi) is 4.80. The Balaban J connectivity index is 1.88. The van der Waals surface area contributed by atoms with Gasteiger partial charge in [-0.05, 0) is 55.3 Å². The zero-order valence-corrected chi connectivity index (χ0v) is 17.9. The van der Waals surface area contributed by atoms with Gasteiger partial charge in [0.2, 0.25) is 0 Å². The number of fused-ring (bicyclic) bond motifs is 2. The second-order valence-electron chi connectivity index (χ2n) is 10.4. The number of rotatable bonds is 8. The third kappa shape index (κ3) is 2.11. The van der Waals surface area contributed by atoms with Crippen LogP contribution in [0.3, 0.4) is 0 Å². The molecule has 28 heavy (non-hydrogen) atoms. The molecule has 4 aliphatic rings. The normalized spacial score (nSPS) is 46.0. The number of carboxylic acid groups (broad SMARTS) is 1. The topological polar surface area (TPSA) is 63.6 Å². The van der Waals surface area contributed by atoms with E-state index in [1.807, 2.05) is 0 Å². The summed E-state index contributed by atoms with van der Waals surface area (Å²) in [5.74, 6) is 0.698. The van der Waals surface area contributed by atoms with Gasteiger partial charge in [0.15, 0.2) is 0 Å². The summed E-state index contributed by atoms with van der Waals surface area (Å²) in [7, 11) is 0. The SMILES string of the molecule is CCCCOC[C@]12C[C@H]3[C@@H](C)CC[C@@H]3[C@]3(C=O)C[C@H]1C=C(C(C)C)[C@]23C(=O)O. The number of allylic oxidation sites excluding steroid dienone is 1. The Bertz CT molecular complexity index is 697. The summed E-state index contributed by atoms with van der Waals surface area (Å²) >= 11 is 0. The lowest BCUT2D eigenvalue weighted by Gasteiger charge is -2.58. The van der Waals surface area contributed by atoms with Crippen LogP contribution >= 0.6 is 0 Å². The first kappa shape index (κ1) is 20.1. The molecule has 0 aromatic rings. The number of aliphatic carboxylic acids is 1. The van der Waals surface area contributed by atoms with E-state index < -0.39 is 22.2 Å². The highest BCUT2D eigenvalue weighted by Crippen LogP contribution is 2.82. The Morgan fingerprint density at radius 1 is 1.36 bits per heavy atom. The van der Waals surface area contributed by atoms with Gasteiger partial charge in [0, 0.05) is 12.0 Å². The smallest absolute Gasteiger partial charge is 0.315 e. The van der Waals surface area contributed by atoms with E-state index in [0.717, 1.165) is 44.0 Å². The molecule has 0 saturated heterocycles. The van der Waals surface area contributed by atoms with Gasteiger partial charge in [-0.15, -0.1) is 0 Å². The number of carboxylic acids is 1. The summed E-state index contributed by atoms with van der Waals surface area (Å²) in [6.07, 6.45) is 9.09. The molecule has 3 fully saturated rings. The standard InChI is InChI=1S/C24H36O4/c1-5-6-9-28-14-23-12-18-16(4)7-8-19(18)22(13-25)11-17(23)10-20(15(2)3)24(22,23)21(26)27/h10,13,15-19H,5-9,11-12,14H2,1-4H3,(H,26,27)/t16-,17+,18-,19-,22+,23+,24+/m0/s1. The van der Waals surface area contributed by atoms with Crippen molar-refractivity contribution >= 4 is 12.3 Å². The molecular formula is C24H36O4. The van der Waals surface area contributed by atoms with Crippen LogP contribution in [0.2, 0.25) is 0 Å². The maximum absolute atomic E-state index is 13.2. The van der Waals surface area contributed by atoms with Crippen LogP contribution in [0.1, 0.15) is 66.2 Å². The molecule has 0 radical (unpaired) electrons. The Morgan fingerprint density at radius 3 is 2.71 bits per heavy atom. The van der Waals surface area contributed by atoms with Gasteiger partial charge in [0.1, 0.15) is 11.7 Å². The van der Waals surface area contributed by atoms with E-state index in [1.54, 1.807) is 0 Å². The van der Waals surface area contributed by atoms with Crippen LogP contribution in [0.25, 0.3) is 0 Å². The molecule has 0 heterocycles. The van der Waals surface area contributed by atoms with Crippen LogP contribution in [0.5, 0.6) is 0 Å². The van der Waals surface area contributed by atoms with E-state index in [4.69, 9.17) is 4.74 Å². The van der Waals surface area contributed by atoms with Crippen molar-refractivity contribution in [1.29, 1.82) is 0 Å². The molecule has 0 aromatic carbocycles. The minimum atomic E-state index is -1.09. The van der Waals surface area contributed by atoms with Gasteiger partial charge in [0.25, 0.3) is 0 Å². The quantitative estimate of drug-likeness (QED) is 0.371. The van der Waals surface area contributed by atoms with Crippen molar-refractivity contribution in [2.24, 2.45) is 45.8 Å². The van der Waals surface area contributed by atoms with E-state index in [0.29, 0.717) is 31.5 Å². The number of carbonyl (C=O) groups excluding carboxylic acids is 1. The number of carbonyl (C=O) groups is 2. The van der Waals surface area contributed by atoms with Gasteiger partial charge in [0.05, 0.1) is 12.0 Å². The highest BCUT2D eigenvalue weighted by molar-refractivity contribution is 5.90. The molecule has 4 rings (SSSR count). The highest BCUT2D eigenvalue weighted by Gasteiger charge is 2.84. The molecule has 0 aliphatic heterocycles. The number of aldehydes is 1. The second-order valence-corrected chi connectivity index (χ2v) is 10.4. The third-order valence-electron chi connectivity index (χ3n) is 9.12. The molecule has 0 spiro atoms. The molecule has 4 nitrogen and oxygen atoms in total. The number of unbranched alkanes of at least 4 members (excludes halogenated alkanes) is 1. The van der Waals surface area contributed by atoms with Gasteiger partial charge in [-0.25, -0.2) is 0 Å². The number of hydrogen-bond acceptors (Lipinski definition) is 3. The van der Waals surface area contributed by atoms with Gasteiger partial charge in [-0.1, -0.05) is 52.2 Å². The molecule has 4 aliphatic carbocycles. The summed E-state index contributed by atoms with van der Waals surface area (Å²) in [5, 5.41) is 10.8. The molecule has 3 saturated carbocycles. The predicted molar refractivity (Wildman–Crippen MR) is 108 cm³/mol. The lowest BCUT2D eigenvalue weighted by Crippen LogP contribution is -2.63. The van der Waals surface area contributed by atoms with E-state index in [1.165, 1.54) is 0 Å². The summed E-state index contributed by atoms with van der Waals surface area (Å²) < 4.78 is 6.18. The van der Waals surface area contributed by atoms with Crippen molar-refractivity contribution in [3.63, 3.8) is 0 Å². The van der Waals surface area contributed by atoms with Crippen LogP contribution in [0.4, 0.5) is 0 Å². The summed E-state index contributed by atoms with van der Waals surface area (Å²) in [6, 6.07) is 0. The van der Waals surface area contributed by atoms with E-state index in [-0.39, 0.29) is 17.8 Å².